The molecule has 2 atom stereocenters. The first-order chi connectivity index (χ1) is 13.3. The highest BCUT2D eigenvalue weighted by molar-refractivity contribution is 6.36. The van der Waals surface area contributed by atoms with Crippen LogP contribution in [-0.2, 0) is 4.79 Å². The molecule has 0 saturated heterocycles. The molecule has 0 bridgehead atoms. The first kappa shape index (κ1) is 22.2. The lowest BCUT2D eigenvalue weighted by Gasteiger charge is -2.21. The third-order valence-corrected chi connectivity index (χ3v) is 4.71. The SMILES string of the molecule is CC(C)C[C@H](NC(=O)c1ccc(Cl)cc1Cl)C(=O)NC[C@@H](O)c1ccccc1. The Hall–Kier alpha value is -2.08. The second kappa shape index (κ2) is 10.5. The van der Waals surface area contributed by atoms with Crippen molar-refractivity contribution >= 4 is 35.0 Å². The van der Waals surface area contributed by atoms with Gasteiger partial charge in [0.15, 0.2) is 0 Å². The van der Waals surface area contributed by atoms with Crippen LogP contribution in [0.1, 0.15) is 42.3 Å². The quantitative estimate of drug-likeness (QED) is 0.601. The number of halogens is 2. The van der Waals surface area contributed by atoms with Crippen LogP contribution in [-0.4, -0.2) is 29.5 Å². The molecule has 2 aromatic carbocycles. The van der Waals surface area contributed by atoms with Gasteiger partial charge in [0, 0.05) is 11.6 Å². The van der Waals surface area contributed by atoms with Gasteiger partial charge in [-0.2, -0.15) is 0 Å². The molecule has 0 aliphatic heterocycles. The van der Waals surface area contributed by atoms with E-state index >= 15 is 0 Å². The standard InChI is InChI=1S/C21H24Cl2N2O3/c1-13(2)10-18(25-20(27)16-9-8-15(22)11-17(16)23)21(28)24-12-19(26)14-6-4-3-5-7-14/h3-9,11,13,18-19,26H,10,12H2,1-2H3,(H,24,28)(H,25,27)/t18-,19+/m0/s1. The lowest BCUT2D eigenvalue weighted by atomic mass is 10.0. The van der Waals surface area contributed by atoms with Crippen LogP contribution in [0.5, 0.6) is 0 Å². The molecule has 0 aliphatic carbocycles. The Morgan fingerprint density at radius 3 is 2.36 bits per heavy atom. The van der Waals surface area contributed by atoms with Crippen LogP contribution in [0.15, 0.2) is 48.5 Å². The summed E-state index contributed by atoms with van der Waals surface area (Å²) >= 11 is 11.9. The molecule has 0 unspecified atom stereocenters. The summed E-state index contributed by atoms with van der Waals surface area (Å²) in [5, 5.41) is 16.3. The smallest absolute Gasteiger partial charge is 0.253 e. The molecule has 0 heterocycles. The van der Waals surface area contributed by atoms with E-state index in [9.17, 15) is 14.7 Å². The number of nitrogens with one attached hydrogen (secondary N) is 2. The molecule has 0 fully saturated rings. The summed E-state index contributed by atoms with van der Waals surface area (Å²) in [7, 11) is 0. The van der Waals surface area contributed by atoms with Crippen molar-refractivity contribution in [3.8, 4) is 0 Å². The van der Waals surface area contributed by atoms with Crippen LogP contribution < -0.4 is 10.6 Å². The molecule has 2 amide bonds. The Balaban J connectivity index is 2.03. The van der Waals surface area contributed by atoms with Gasteiger partial charge in [0.25, 0.3) is 5.91 Å². The van der Waals surface area contributed by atoms with Gasteiger partial charge in [0.1, 0.15) is 6.04 Å². The van der Waals surface area contributed by atoms with E-state index in [1.165, 1.54) is 12.1 Å². The number of rotatable bonds is 8. The largest absolute Gasteiger partial charge is 0.387 e. The predicted octanol–water partition coefficient (Wildman–Crippen LogP) is 3.99. The number of amides is 2. The highest BCUT2D eigenvalue weighted by atomic mass is 35.5. The number of aliphatic hydroxyl groups excluding tert-OH is 1. The number of carbonyl (C=O) groups excluding carboxylic acids is 2. The third-order valence-electron chi connectivity index (χ3n) is 4.16. The monoisotopic (exact) mass is 422 g/mol. The average Bonchev–Trinajstić information content (AvgIpc) is 2.65. The first-order valence-electron chi connectivity index (χ1n) is 9.04. The van der Waals surface area contributed by atoms with E-state index in [2.05, 4.69) is 10.6 Å². The van der Waals surface area contributed by atoms with Crippen LogP contribution in [0.4, 0.5) is 0 Å². The van der Waals surface area contributed by atoms with Crippen molar-refractivity contribution in [1.82, 2.24) is 10.6 Å². The Morgan fingerprint density at radius 1 is 1.07 bits per heavy atom. The molecule has 0 spiro atoms. The Morgan fingerprint density at radius 2 is 1.75 bits per heavy atom. The zero-order chi connectivity index (χ0) is 20.7. The molecule has 5 nitrogen and oxygen atoms in total. The minimum atomic E-state index is -0.828. The summed E-state index contributed by atoms with van der Waals surface area (Å²) in [6, 6.07) is 12.9. The molecule has 150 valence electrons. The molecule has 0 aromatic heterocycles. The fourth-order valence-electron chi connectivity index (χ4n) is 2.73. The second-order valence-corrected chi connectivity index (χ2v) is 7.80. The van der Waals surface area contributed by atoms with E-state index in [0.717, 1.165) is 0 Å². The Bertz CT molecular complexity index is 813. The van der Waals surface area contributed by atoms with Crippen molar-refractivity contribution in [3.05, 3.63) is 69.7 Å². The maximum atomic E-state index is 12.6. The molecule has 0 saturated carbocycles. The van der Waals surface area contributed by atoms with Crippen molar-refractivity contribution < 1.29 is 14.7 Å². The minimum Gasteiger partial charge on any atom is -0.387 e. The van der Waals surface area contributed by atoms with Gasteiger partial charge >= 0.3 is 0 Å². The van der Waals surface area contributed by atoms with E-state index < -0.39 is 18.1 Å². The van der Waals surface area contributed by atoms with Crippen LogP contribution in [0.3, 0.4) is 0 Å². The minimum absolute atomic E-state index is 0.0506. The van der Waals surface area contributed by atoms with Crippen molar-refractivity contribution in [2.24, 2.45) is 5.92 Å². The van der Waals surface area contributed by atoms with Gasteiger partial charge in [-0.15, -0.1) is 0 Å². The number of hydrogen-bond donors (Lipinski definition) is 3. The molecule has 0 aliphatic rings. The summed E-state index contributed by atoms with van der Waals surface area (Å²) in [6.45, 7) is 3.97. The summed E-state index contributed by atoms with van der Waals surface area (Å²) in [4.78, 5) is 25.2. The van der Waals surface area contributed by atoms with Crippen molar-refractivity contribution in [2.45, 2.75) is 32.4 Å². The fourth-order valence-corrected chi connectivity index (χ4v) is 3.22. The summed E-state index contributed by atoms with van der Waals surface area (Å²) in [6.07, 6.45) is -0.379. The van der Waals surface area contributed by atoms with Crippen LogP contribution in [0, 0.1) is 5.92 Å². The van der Waals surface area contributed by atoms with Crippen LogP contribution in [0.2, 0.25) is 10.0 Å². The predicted molar refractivity (Wildman–Crippen MR) is 112 cm³/mol. The van der Waals surface area contributed by atoms with Gasteiger partial charge in [-0.3, -0.25) is 9.59 Å². The molecule has 3 N–H and O–H groups in total. The zero-order valence-electron chi connectivity index (χ0n) is 15.8. The molecule has 2 rings (SSSR count). The van der Waals surface area contributed by atoms with Gasteiger partial charge in [0.2, 0.25) is 5.91 Å². The molecule has 0 radical (unpaired) electrons. The van der Waals surface area contributed by atoms with Crippen LogP contribution in [0.25, 0.3) is 0 Å². The molecule has 28 heavy (non-hydrogen) atoms. The lowest BCUT2D eigenvalue weighted by Crippen LogP contribution is -2.48. The lowest BCUT2D eigenvalue weighted by molar-refractivity contribution is -0.123. The molecule has 7 heteroatoms. The van der Waals surface area contributed by atoms with E-state index in [1.54, 1.807) is 18.2 Å². The van der Waals surface area contributed by atoms with Gasteiger partial charge in [-0.25, -0.2) is 0 Å². The fraction of sp³-hybridized carbons (Fsp3) is 0.333. The number of carbonyl (C=O) groups is 2. The zero-order valence-corrected chi connectivity index (χ0v) is 17.3. The summed E-state index contributed by atoms with van der Waals surface area (Å²) in [5.74, 6) is -0.635. The van der Waals surface area contributed by atoms with Gasteiger partial charge in [-0.05, 0) is 36.1 Å². The van der Waals surface area contributed by atoms with E-state index in [1.807, 2.05) is 32.0 Å². The van der Waals surface area contributed by atoms with Crippen molar-refractivity contribution in [1.29, 1.82) is 0 Å². The maximum absolute atomic E-state index is 12.6. The normalized spacial score (nSPS) is 13.1. The second-order valence-electron chi connectivity index (χ2n) is 6.95. The first-order valence-corrected chi connectivity index (χ1v) is 9.80. The van der Waals surface area contributed by atoms with Gasteiger partial charge < -0.3 is 15.7 Å². The Kier molecular flexibility index (Phi) is 8.30. The number of hydrogen-bond acceptors (Lipinski definition) is 3. The van der Waals surface area contributed by atoms with E-state index in [4.69, 9.17) is 23.2 Å². The van der Waals surface area contributed by atoms with Gasteiger partial charge in [-0.1, -0.05) is 67.4 Å². The number of aliphatic hydroxyl groups is 1. The summed E-state index contributed by atoms with van der Waals surface area (Å²) < 4.78 is 0. The van der Waals surface area contributed by atoms with Gasteiger partial charge in [0.05, 0.1) is 16.7 Å². The molecular weight excluding hydrogens is 399 g/mol. The van der Waals surface area contributed by atoms with Crippen molar-refractivity contribution in [3.63, 3.8) is 0 Å². The maximum Gasteiger partial charge on any atom is 0.253 e. The average molecular weight is 423 g/mol. The summed E-state index contributed by atoms with van der Waals surface area (Å²) in [5.41, 5.74) is 0.956. The van der Waals surface area contributed by atoms with E-state index in [-0.39, 0.29) is 29.0 Å². The molecular formula is C21H24Cl2N2O3. The van der Waals surface area contributed by atoms with Crippen LogP contribution >= 0.6 is 23.2 Å². The van der Waals surface area contributed by atoms with Crippen molar-refractivity contribution in [2.75, 3.05) is 6.54 Å². The number of benzene rings is 2. The topological polar surface area (TPSA) is 78.4 Å². The van der Waals surface area contributed by atoms with E-state index in [0.29, 0.717) is 17.0 Å². The highest BCUT2D eigenvalue weighted by Gasteiger charge is 2.24. The Labute approximate surface area is 175 Å². The highest BCUT2D eigenvalue weighted by Crippen LogP contribution is 2.21. The molecule has 2 aromatic rings. The third kappa shape index (κ3) is 6.51.